The molecule has 0 aromatic heterocycles. The summed E-state index contributed by atoms with van der Waals surface area (Å²) in [6.07, 6.45) is 0.840. The molecule has 1 aliphatic rings. The van der Waals surface area contributed by atoms with Crippen LogP contribution in [0.2, 0.25) is 0 Å². The average Bonchev–Trinajstić information content (AvgIpc) is 2.53. The van der Waals surface area contributed by atoms with E-state index in [9.17, 15) is 14.4 Å². The zero-order valence-electron chi connectivity index (χ0n) is 16.7. The third-order valence-electron chi connectivity index (χ3n) is 3.96. The van der Waals surface area contributed by atoms with Gasteiger partial charge in [-0.2, -0.15) is 0 Å². The number of hydrogen-bond acceptors (Lipinski definition) is 6. The third-order valence-corrected chi connectivity index (χ3v) is 4.09. The average molecular weight is 407 g/mol. The van der Waals surface area contributed by atoms with Crippen molar-refractivity contribution in [2.45, 2.75) is 77.1 Å². The molecule has 9 heteroatoms. The van der Waals surface area contributed by atoms with Crippen LogP contribution in [0.5, 0.6) is 0 Å². The maximum atomic E-state index is 12.2. The topological polar surface area (TPSA) is 103 Å². The number of carbonyl (C=O) groups is 3. The van der Waals surface area contributed by atoms with Crippen LogP contribution in [0.3, 0.4) is 0 Å². The zero-order valence-corrected chi connectivity index (χ0v) is 17.4. The second kappa shape index (κ2) is 10.7. The Morgan fingerprint density at radius 2 is 1.81 bits per heavy atom. The maximum absolute atomic E-state index is 12.2. The van der Waals surface area contributed by atoms with E-state index in [1.807, 2.05) is 0 Å². The highest BCUT2D eigenvalue weighted by Crippen LogP contribution is 2.26. The summed E-state index contributed by atoms with van der Waals surface area (Å²) in [7, 11) is 0. The van der Waals surface area contributed by atoms with Gasteiger partial charge < -0.3 is 24.8 Å². The first-order valence-electron chi connectivity index (χ1n) is 9.23. The van der Waals surface area contributed by atoms with Crippen LogP contribution in [-0.2, 0) is 23.8 Å². The summed E-state index contributed by atoms with van der Waals surface area (Å²) in [5, 5.41) is 5.61. The van der Waals surface area contributed by atoms with Crippen molar-refractivity contribution in [3.05, 3.63) is 0 Å². The van der Waals surface area contributed by atoms with E-state index in [0.717, 1.165) is 0 Å². The van der Waals surface area contributed by atoms with Gasteiger partial charge in [0.05, 0.1) is 18.6 Å². The summed E-state index contributed by atoms with van der Waals surface area (Å²) in [6, 6.07) is -0.801. The van der Waals surface area contributed by atoms with Crippen molar-refractivity contribution in [1.82, 2.24) is 10.6 Å². The summed E-state index contributed by atoms with van der Waals surface area (Å²) in [4.78, 5) is 36.3. The van der Waals surface area contributed by atoms with Gasteiger partial charge in [-0.3, -0.25) is 9.59 Å². The minimum Gasteiger partial charge on any atom is -0.466 e. The number of halogens is 1. The van der Waals surface area contributed by atoms with E-state index < -0.39 is 23.3 Å². The van der Waals surface area contributed by atoms with Crippen molar-refractivity contribution < 1.29 is 28.6 Å². The third kappa shape index (κ3) is 9.28. The first-order chi connectivity index (χ1) is 12.5. The molecule has 0 aromatic rings. The van der Waals surface area contributed by atoms with Gasteiger partial charge in [-0.1, -0.05) is 11.6 Å². The molecule has 2 amide bonds. The van der Waals surface area contributed by atoms with Crippen molar-refractivity contribution in [2.24, 2.45) is 5.92 Å². The highest BCUT2D eigenvalue weighted by Gasteiger charge is 2.37. The minimum absolute atomic E-state index is 0.179. The summed E-state index contributed by atoms with van der Waals surface area (Å²) >= 11 is 5.68. The molecule has 0 saturated heterocycles. The Hall–Kier alpha value is -1.54. The molecular weight excluding hydrogens is 376 g/mol. The van der Waals surface area contributed by atoms with E-state index in [1.165, 1.54) is 0 Å². The fourth-order valence-corrected chi connectivity index (χ4v) is 2.94. The van der Waals surface area contributed by atoms with E-state index in [1.54, 1.807) is 34.6 Å². The molecule has 1 aliphatic carbocycles. The van der Waals surface area contributed by atoms with E-state index in [4.69, 9.17) is 25.8 Å². The predicted molar refractivity (Wildman–Crippen MR) is 100 cm³/mol. The Kier molecular flexibility index (Phi) is 9.32. The van der Waals surface area contributed by atoms with Crippen LogP contribution in [0.1, 0.15) is 53.9 Å². The lowest BCUT2D eigenvalue weighted by Crippen LogP contribution is -2.56. The van der Waals surface area contributed by atoms with Crippen LogP contribution in [-0.4, -0.2) is 54.4 Å². The summed E-state index contributed by atoms with van der Waals surface area (Å²) in [5.74, 6) is -0.965. The van der Waals surface area contributed by atoms with Crippen LogP contribution in [0, 0.1) is 5.92 Å². The molecule has 0 aliphatic heterocycles. The van der Waals surface area contributed by atoms with E-state index in [2.05, 4.69) is 10.6 Å². The van der Waals surface area contributed by atoms with E-state index in [-0.39, 0.29) is 30.4 Å². The molecular formula is C18H31ClN2O6. The first kappa shape index (κ1) is 23.5. The van der Waals surface area contributed by atoms with Gasteiger partial charge in [0.25, 0.3) is 0 Å². The molecule has 0 radical (unpaired) electrons. The van der Waals surface area contributed by atoms with Crippen LogP contribution >= 0.6 is 11.6 Å². The molecule has 8 nitrogen and oxygen atoms in total. The molecule has 0 aromatic carbocycles. The molecule has 1 saturated carbocycles. The largest absolute Gasteiger partial charge is 0.466 e. The van der Waals surface area contributed by atoms with Gasteiger partial charge in [0, 0.05) is 6.04 Å². The molecule has 0 bridgehead atoms. The summed E-state index contributed by atoms with van der Waals surface area (Å²) < 4.78 is 15.5. The lowest BCUT2D eigenvalue weighted by molar-refractivity contribution is -0.149. The number of nitrogens with one attached hydrogen (secondary N) is 2. The maximum Gasteiger partial charge on any atom is 0.407 e. The van der Waals surface area contributed by atoms with Crippen LogP contribution in [0.4, 0.5) is 4.79 Å². The van der Waals surface area contributed by atoms with Gasteiger partial charge in [0.2, 0.25) is 5.91 Å². The summed E-state index contributed by atoms with van der Waals surface area (Å²) in [6.45, 7) is 8.77. The van der Waals surface area contributed by atoms with E-state index >= 15 is 0 Å². The Bertz CT molecular complexity index is 520. The minimum atomic E-state index is -0.650. The van der Waals surface area contributed by atoms with Gasteiger partial charge in [-0.15, -0.1) is 0 Å². The molecule has 4 unspecified atom stereocenters. The fourth-order valence-electron chi connectivity index (χ4n) is 2.87. The lowest BCUT2D eigenvalue weighted by Gasteiger charge is -2.36. The number of ether oxygens (including phenoxy) is 3. The Balaban J connectivity index is 2.75. The Labute approximate surface area is 165 Å². The van der Waals surface area contributed by atoms with Gasteiger partial charge in [-0.25, -0.2) is 4.79 Å². The monoisotopic (exact) mass is 406 g/mol. The number of hydrogen-bond donors (Lipinski definition) is 2. The van der Waals surface area contributed by atoms with Gasteiger partial charge in [0.1, 0.15) is 17.8 Å². The van der Waals surface area contributed by atoms with E-state index in [0.29, 0.717) is 25.9 Å². The number of alkyl carbamates (subject to hydrolysis) is 1. The van der Waals surface area contributed by atoms with Gasteiger partial charge >= 0.3 is 12.1 Å². The smallest absolute Gasteiger partial charge is 0.407 e. The molecule has 0 spiro atoms. The lowest BCUT2D eigenvalue weighted by atomic mass is 9.82. The molecule has 1 rings (SSSR count). The number of rotatable bonds is 7. The second-order valence-electron chi connectivity index (χ2n) is 7.54. The molecule has 0 heterocycles. The van der Waals surface area contributed by atoms with Crippen molar-refractivity contribution in [2.75, 3.05) is 13.2 Å². The number of carbonyl (C=O) groups excluding carboxylic acids is 3. The SMILES string of the molecule is CCOC(=O)C1CCC(NC(=O)COC(C)Cl)C(NC(=O)OC(C)(C)C)C1. The van der Waals surface area contributed by atoms with Crippen molar-refractivity contribution in [3.8, 4) is 0 Å². The van der Waals surface area contributed by atoms with Crippen LogP contribution in [0.15, 0.2) is 0 Å². The first-order valence-corrected chi connectivity index (χ1v) is 9.66. The molecule has 4 atom stereocenters. The normalized spacial score (nSPS) is 23.9. The zero-order chi connectivity index (χ0) is 20.6. The number of alkyl halides is 1. The summed E-state index contributed by atoms with van der Waals surface area (Å²) in [5.41, 5.74) is -1.23. The van der Waals surface area contributed by atoms with Crippen molar-refractivity contribution >= 4 is 29.6 Å². The predicted octanol–water partition coefficient (Wildman–Crippen LogP) is 2.33. The van der Waals surface area contributed by atoms with Gasteiger partial charge in [-0.05, 0) is 53.9 Å². The van der Waals surface area contributed by atoms with Gasteiger partial charge in [0.15, 0.2) is 0 Å². The molecule has 1 fully saturated rings. The Morgan fingerprint density at radius 3 is 2.37 bits per heavy atom. The quantitative estimate of drug-likeness (QED) is 0.496. The Morgan fingerprint density at radius 1 is 1.15 bits per heavy atom. The van der Waals surface area contributed by atoms with Crippen molar-refractivity contribution in [1.29, 1.82) is 0 Å². The standard InChI is InChI=1S/C18H31ClN2O6/c1-6-25-16(23)12-7-8-13(20-15(22)10-26-11(2)19)14(9-12)21-17(24)27-18(3,4)5/h11-14H,6-10H2,1-5H3,(H,20,22)(H,21,24). The highest BCUT2D eigenvalue weighted by molar-refractivity contribution is 6.19. The molecule has 2 N–H and O–H groups in total. The highest BCUT2D eigenvalue weighted by atomic mass is 35.5. The van der Waals surface area contributed by atoms with Crippen LogP contribution < -0.4 is 10.6 Å². The number of amides is 2. The number of esters is 1. The molecule has 27 heavy (non-hydrogen) atoms. The van der Waals surface area contributed by atoms with Crippen molar-refractivity contribution in [3.63, 3.8) is 0 Å². The second-order valence-corrected chi connectivity index (χ2v) is 8.16. The molecule has 156 valence electrons. The van der Waals surface area contributed by atoms with Crippen LogP contribution in [0.25, 0.3) is 0 Å². The fraction of sp³-hybridized carbons (Fsp3) is 0.833.